The first-order chi connectivity index (χ1) is 12.4. The number of hydrogen-bond donors (Lipinski definition) is 1. The molecule has 2 aromatic carbocycles. The van der Waals surface area contributed by atoms with Crippen LogP contribution >= 0.6 is 11.6 Å². The first kappa shape index (κ1) is 19.3. The molecule has 4 nitrogen and oxygen atoms in total. The van der Waals surface area contributed by atoms with Gasteiger partial charge < -0.3 is 5.73 Å². The second kappa shape index (κ2) is 8.05. The molecule has 26 heavy (non-hydrogen) atoms. The van der Waals surface area contributed by atoms with Gasteiger partial charge in [-0.2, -0.15) is 4.31 Å². The molecule has 3 rings (SSSR count). The number of sulfonamides is 1. The van der Waals surface area contributed by atoms with Gasteiger partial charge in [0.15, 0.2) is 0 Å². The molecule has 0 bridgehead atoms. The van der Waals surface area contributed by atoms with Gasteiger partial charge in [0.1, 0.15) is 5.82 Å². The minimum atomic E-state index is -3.70. The van der Waals surface area contributed by atoms with E-state index in [0.29, 0.717) is 24.4 Å². The molecule has 1 aliphatic heterocycles. The second-order valence-electron chi connectivity index (χ2n) is 6.52. The highest BCUT2D eigenvalue weighted by molar-refractivity contribution is 7.89. The third kappa shape index (κ3) is 3.93. The second-order valence-corrected chi connectivity index (χ2v) is 8.80. The van der Waals surface area contributed by atoms with Gasteiger partial charge in [0, 0.05) is 11.1 Å². The van der Waals surface area contributed by atoms with Gasteiger partial charge in [0.25, 0.3) is 0 Å². The monoisotopic (exact) mass is 396 g/mol. The lowest BCUT2D eigenvalue weighted by atomic mass is 10.1. The third-order valence-corrected chi connectivity index (χ3v) is 7.05. The minimum absolute atomic E-state index is 0.116. The van der Waals surface area contributed by atoms with Crippen LogP contribution in [0.5, 0.6) is 0 Å². The topological polar surface area (TPSA) is 63.4 Å². The summed E-state index contributed by atoms with van der Waals surface area (Å²) < 4.78 is 41.6. The average Bonchev–Trinajstić information content (AvgIpc) is 3.05. The molecule has 2 unspecified atom stereocenters. The molecular weight excluding hydrogens is 375 g/mol. The molecule has 0 aromatic heterocycles. The van der Waals surface area contributed by atoms with Gasteiger partial charge >= 0.3 is 0 Å². The van der Waals surface area contributed by atoms with Crippen LogP contribution in [0.3, 0.4) is 0 Å². The maximum atomic E-state index is 13.3. The zero-order valence-electron chi connectivity index (χ0n) is 14.3. The molecule has 1 aliphatic rings. The molecule has 2 aromatic rings. The lowest BCUT2D eigenvalue weighted by molar-refractivity contribution is 0.310. The summed E-state index contributed by atoms with van der Waals surface area (Å²) in [5.74, 6) is -0.335. The SMILES string of the molecule is NCCCC1CCC(c2ccc(F)cc2)N1S(=O)(=O)c1ccc(Cl)cc1. The van der Waals surface area contributed by atoms with Gasteiger partial charge in [-0.15, -0.1) is 0 Å². The van der Waals surface area contributed by atoms with E-state index in [1.165, 1.54) is 24.3 Å². The van der Waals surface area contributed by atoms with Crippen LogP contribution in [-0.2, 0) is 10.0 Å². The average molecular weight is 397 g/mol. The number of hydrogen-bond acceptors (Lipinski definition) is 3. The Hall–Kier alpha value is -1.47. The predicted octanol–water partition coefficient (Wildman–Crippen LogP) is 4.11. The van der Waals surface area contributed by atoms with E-state index in [1.54, 1.807) is 28.6 Å². The Morgan fingerprint density at radius 3 is 2.35 bits per heavy atom. The molecule has 0 spiro atoms. The Balaban J connectivity index is 2.00. The van der Waals surface area contributed by atoms with Crippen molar-refractivity contribution < 1.29 is 12.8 Å². The molecular formula is C19H22ClFN2O2S. The molecule has 1 saturated heterocycles. The Morgan fingerprint density at radius 2 is 1.73 bits per heavy atom. The molecule has 2 atom stereocenters. The highest BCUT2D eigenvalue weighted by atomic mass is 35.5. The lowest BCUT2D eigenvalue weighted by Crippen LogP contribution is -2.37. The number of halogens is 2. The molecule has 0 aliphatic carbocycles. The molecule has 140 valence electrons. The first-order valence-corrected chi connectivity index (χ1v) is 10.5. The largest absolute Gasteiger partial charge is 0.330 e. The van der Waals surface area contributed by atoms with E-state index < -0.39 is 10.0 Å². The van der Waals surface area contributed by atoms with Crippen molar-refractivity contribution in [1.82, 2.24) is 4.31 Å². The number of rotatable bonds is 6. The third-order valence-electron chi connectivity index (χ3n) is 4.83. The van der Waals surface area contributed by atoms with E-state index in [0.717, 1.165) is 18.4 Å². The molecule has 1 heterocycles. The van der Waals surface area contributed by atoms with Crippen LogP contribution < -0.4 is 5.73 Å². The smallest absolute Gasteiger partial charge is 0.243 e. The van der Waals surface area contributed by atoms with E-state index in [1.807, 2.05) is 0 Å². The predicted molar refractivity (Wildman–Crippen MR) is 101 cm³/mol. The van der Waals surface area contributed by atoms with Gasteiger partial charge in [-0.1, -0.05) is 23.7 Å². The summed E-state index contributed by atoms with van der Waals surface area (Å²) in [6, 6.07) is 11.8. The van der Waals surface area contributed by atoms with Crippen molar-refractivity contribution in [2.45, 2.75) is 42.7 Å². The fourth-order valence-corrected chi connectivity index (χ4v) is 5.59. The molecule has 7 heteroatoms. The summed E-state index contributed by atoms with van der Waals surface area (Å²) in [5, 5.41) is 0.486. The summed E-state index contributed by atoms with van der Waals surface area (Å²) >= 11 is 5.90. The van der Waals surface area contributed by atoms with Crippen molar-refractivity contribution >= 4 is 21.6 Å². The van der Waals surface area contributed by atoms with Crippen LogP contribution in [0, 0.1) is 5.82 Å². The summed E-state index contributed by atoms with van der Waals surface area (Å²) in [7, 11) is -3.70. The van der Waals surface area contributed by atoms with E-state index in [-0.39, 0.29) is 22.8 Å². The van der Waals surface area contributed by atoms with Crippen molar-refractivity contribution in [3.63, 3.8) is 0 Å². The quantitative estimate of drug-likeness (QED) is 0.799. The van der Waals surface area contributed by atoms with E-state index in [9.17, 15) is 12.8 Å². The van der Waals surface area contributed by atoms with Crippen LogP contribution in [-0.4, -0.2) is 25.3 Å². The maximum absolute atomic E-state index is 13.3. The van der Waals surface area contributed by atoms with Crippen LogP contribution in [0.25, 0.3) is 0 Å². The van der Waals surface area contributed by atoms with E-state index in [4.69, 9.17) is 17.3 Å². The standard InChI is InChI=1S/C19H22ClFN2O2S/c20-15-5-10-18(11-6-15)26(24,25)23-17(2-1-13-22)9-12-19(23)14-3-7-16(21)8-4-14/h3-8,10-11,17,19H,1-2,9,12-13,22H2. The summed E-state index contributed by atoms with van der Waals surface area (Å²) in [6.07, 6.45) is 2.93. The van der Waals surface area contributed by atoms with Gasteiger partial charge in [-0.25, -0.2) is 12.8 Å². The van der Waals surface area contributed by atoms with E-state index >= 15 is 0 Å². The van der Waals surface area contributed by atoms with E-state index in [2.05, 4.69) is 0 Å². The van der Waals surface area contributed by atoms with Crippen molar-refractivity contribution in [2.75, 3.05) is 6.54 Å². The van der Waals surface area contributed by atoms with Crippen LogP contribution in [0.1, 0.15) is 37.3 Å². The summed E-state index contributed by atoms with van der Waals surface area (Å²) in [5.41, 5.74) is 6.43. The van der Waals surface area contributed by atoms with Crippen molar-refractivity contribution in [3.8, 4) is 0 Å². The molecule has 0 radical (unpaired) electrons. The van der Waals surface area contributed by atoms with Crippen molar-refractivity contribution in [2.24, 2.45) is 5.73 Å². The fraction of sp³-hybridized carbons (Fsp3) is 0.368. The zero-order chi connectivity index (χ0) is 18.7. The van der Waals surface area contributed by atoms with Crippen molar-refractivity contribution in [1.29, 1.82) is 0 Å². The highest BCUT2D eigenvalue weighted by Gasteiger charge is 2.42. The van der Waals surface area contributed by atoms with Gasteiger partial charge in [0.2, 0.25) is 10.0 Å². The van der Waals surface area contributed by atoms with Gasteiger partial charge in [0.05, 0.1) is 10.9 Å². The maximum Gasteiger partial charge on any atom is 0.243 e. The van der Waals surface area contributed by atoms with Gasteiger partial charge in [-0.05, 0) is 74.2 Å². The Bertz CT molecular complexity index is 841. The Kier molecular flexibility index (Phi) is 5.97. The summed E-state index contributed by atoms with van der Waals surface area (Å²) in [6.45, 7) is 0.520. The summed E-state index contributed by atoms with van der Waals surface area (Å²) in [4.78, 5) is 0.216. The molecule has 0 amide bonds. The normalized spacial score (nSPS) is 21.2. The Labute approximate surface area is 158 Å². The fourth-order valence-electron chi connectivity index (χ4n) is 3.57. The van der Waals surface area contributed by atoms with Gasteiger partial charge in [-0.3, -0.25) is 0 Å². The molecule has 1 fully saturated rings. The van der Waals surface area contributed by atoms with Crippen molar-refractivity contribution in [3.05, 3.63) is 64.9 Å². The number of benzene rings is 2. The number of nitrogens with two attached hydrogens (primary N) is 1. The molecule has 0 saturated carbocycles. The van der Waals surface area contributed by atoms with Crippen LogP contribution in [0.2, 0.25) is 5.02 Å². The first-order valence-electron chi connectivity index (χ1n) is 8.68. The highest BCUT2D eigenvalue weighted by Crippen LogP contribution is 2.42. The van der Waals surface area contributed by atoms with Crippen LogP contribution in [0.4, 0.5) is 4.39 Å². The minimum Gasteiger partial charge on any atom is -0.330 e. The zero-order valence-corrected chi connectivity index (χ0v) is 15.9. The Morgan fingerprint density at radius 1 is 1.08 bits per heavy atom. The van der Waals surface area contributed by atoms with Crippen LogP contribution in [0.15, 0.2) is 53.4 Å². The number of nitrogens with zero attached hydrogens (tertiary/aromatic N) is 1. The molecule has 2 N–H and O–H groups in total. The lowest BCUT2D eigenvalue weighted by Gasteiger charge is -2.30.